The number of hydrogen-bond donors (Lipinski definition) is 0. The molecule has 1 unspecified atom stereocenters. The summed E-state index contributed by atoms with van der Waals surface area (Å²) in [4.78, 5) is 32.7. The third kappa shape index (κ3) is 4.87. The van der Waals surface area contributed by atoms with Crippen molar-refractivity contribution in [2.45, 2.75) is 39.7 Å². The molecule has 29 heavy (non-hydrogen) atoms. The number of amides is 2. The van der Waals surface area contributed by atoms with E-state index >= 15 is 0 Å². The average Bonchev–Trinajstić information content (AvgIpc) is 3.29. The van der Waals surface area contributed by atoms with Crippen LogP contribution in [0.25, 0.3) is 5.69 Å². The lowest BCUT2D eigenvalue weighted by Gasteiger charge is -2.25. The zero-order chi connectivity index (χ0) is 21.2. The van der Waals surface area contributed by atoms with Crippen molar-refractivity contribution >= 4 is 29.3 Å². The number of anilines is 1. The number of carbonyl (C=O) groups excluding carboxylic acids is 2. The van der Waals surface area contributed by atoms with Gasteiger partial charge in [0.2, 0.25) is 5.91 Å². The molecule has 2 aromatic rings. The van der Waals surface area contributed by atoms with Gasteiger partial charge in [-0.3, -0.25) is 9.78 Å². The predicted molar refractivity (Wildman–Crippen MR) is 110 cm³/mol. The van der Waals surface area contributed by atoms with Crippen molar-refractivity contribution in [1.82, 2.24) is 19.7 Å². The van der Waals surface area contributed by atoms with Crippen LogP contribution >= 0.6 is 11.6 Å². The van der Waals surface area contributed by atoms with E-state index in [4.69, 9.17) is 16.3 Å². The topological polar surface area (TPSA) is 80.6 Å². The van der Waals surface area contributed by atoms with Crippen LogP contribution in [0.1, 0.15) is 34.1 Å². The van der Waals surface area contributed by atoms with Crippen molar-refractivity contribution in [3.63, 3.8) is 0 Å². The van der Waals surface area contributed by atoms with Gasteiger partial charge in [-0.15, -0.1) is 0 Å². The summed E-state index contributed by atoms with van der Waals surface area (Å²) in [6, 6.07) is 3.66. The highest BCUT2D eigenvalue weighted by molar-refractivity contribution is 6.32. The molecule has 8 nitrogen and oxygen atoms in total. The van der Waals surface area contributed by atoms with Crippen LogP contribution in [-0.4, -0.2) is 56.9 Å². The Hall–Kier alpha value is -2.61. The summed E-state index contributed by atoms with van der Waals surface area (Å²) in [5.41, 5.74) is 0.725. The van der Waals surface area contributed by atoms with E-state index in [-0.39, 0.29) is 17.0 Å². The molecule has 156 valence electrons. The highest BCUT2D eigenvalue weighted by atomic mass is 35.5. The molecule has 0 aromatic carbocycles. The maximum absolute atomic E-state index is 13.2. The van der Waals surface area contributed by atoms with Gasteiger partial charge in [0.1, 0.15) is 11.3 Å². The molecule has 0 aliphatic carbocycles. The van der Waals surface area contributed by atoms with Crippen LogP contribution in [0.15, 0.2) is 30.7 Å². The minimum Gasteiger partial charge on any atom is -0.444 e. The van der Waals surface area contributed by atoms with Crippen molar-refractivity contribution in [1.29, 1.82) is 0 Å². The Morgan fingerprint density at radius 1 is 1.38 bits per heavy atom. The Morgan fingerprint density at radius 3 is 2.76 bits per heavy atom. The predicted octanol–water partition coefficient (Wildman–Crippen LogP) is 3.53. The van der Waals surface area contributed by atoms with Gasteiger partial charge in [0.15, 0.2) is 5.15 Å². The van der Waals surface area contributed by atoms with E-state index in [9.17, 15) is 9.59 Å². The number of likely N-dealkylation sites (tertiary alicyclic amines) is 1. The third-order valence-corrected chi connectivity index (χ3v) is 4.89. The van der Waals surface area contributed by atoms with Crippen LogP contribution in [0.4, 0.5) is 10.5 Å². The van der Waals surface area contributed by atoms with Crippen LogP contribution < -0.4 is 4.90 Å². The van der Waals surface area contributed by atoms with Crippen molar-refractivity contribution in [3.8, 4) is 5.69 Å². The number of rotatable bonds is 4. The molecule has 9 heteroatoms. The minimum absolute atomic E-state index is 0.0776. The number of ether oxygens (including phenoxy) is 1. The summed E-state index contributed by atoms with van der Waals surface area (Å²) in [5.74, 6) is -0.383. The summed E-state index contributed by atoms with van der Waals surface area (Å²) < 4.78 is 7.01. The first kappa shape index (κ1) is 21.1. The van der Waals surface area contributed by atoms with Gasteiger partial charge in [-0.25, -0.2) is 9.48 Å². The largest absolute Gasteiger partial charge is 0.444 e. The summed E-state index contributed by atoms with van der Waals surface area (Å²) in [6.45, 7) is 8.62. The second-order valence-electron chi connectivity index (χ2n) is 7.96. The first-order valence-corrected chi connectivity index (χ1v) is 10.0. The average molecular weight is 420 g/mol. The van der Waals surface area contributed by atoms with E-state index in [1.807, 2.05) is 33.8 Å². The van der Waals surface area contributed by atoms with Crippen LogP contribution in [0.3, 0.4) is 0 Å². The van der Waals surface area contributed by atoms with Crippen LogP contribution in [-0.2, 0) is 9.53 Å². The lowest BCUT2D eigenvalue weighted by atomic mass is 10.1. The van der Waals surface area contributed by atoms with Crippen LogP contribution in [0.5, 0.6) is 0 Å². The maximum Gasteiger partial charge on any atom is 0.410 e. The fourth-order valence-electron chi connectivity index (χ4n) is 3.27. The Labute approximate surface area is 175 Å². The van der Waals surface area contributed by atoms with Crippen molar-refractivity contribution < 1.29 is 14.3 Å². The first-order valence-electron chi connectivity index (χ1n) is 9.64. The normalized spacial score (nSPS) is 16.7. The van der Waals surface area contributed by atoms with Gasteiger partial charge in [0.25, 0.3) is 0 Å². The van der Waals surface area contributed by atoms with Gasteiger partial charge < -0.3 is 14.5 Å². The van der Waals surface area contributed by atoms with E-state index in [1.165, 1.54) is 0 Å². The van der Waals surface area contributed by atoms with Crippen LogP contribution in [0, 0.1) is 5.92 Å². The molecule has 1 fully saturated rings. The molecule has 1 aliphatic rings. The van der Waals surface area contributed by atoms with Crippen molar-refractivity contribution in [2.24, 2.45) is 5.92 Å². The van der Waals surface area contributed by atoms with E-state index in [1.54, 1.807) is 39.1 Å². The lowest BCUT2D eigenvalue weighted by Crippen LogP contribution is -2.39. The molecule has 0 radical (unpaired) electrons. The summed E-state index contributed by atoms with van der Waals surface area (Å²) in [6.07, 6.45) is 5.26. The lowest BCUT2D eigenvalue weighted by molar-refractivity contribution is -0.121. The summed E-state index contributed by atoms with van der Waals surface area (Å²) in [5, 5.41) is 4.55. The zero-order valence-electron chi connectivity index (χ0n) is 17.1. The van der Waals surface area contributed by atoms with E-state index in [0.29, 0.717) is 31.7 Å². The fraction of sp³-hybridized carbons (Fsp3) is 0.500. The quantitative estimate of drug-likeness (QED) is 0.757. The number of aromatic nitrogens is 3. The molecule has 1 atom stereocenters. The Bertz CT molecular complexity index is 878. The SMILES string of the molecule is CCN(C(=O)C1CCN(C(=O)OC(C)(C)C)C1)c1cn(-c2cccnc2)nc1Cl. The Morgan fingerprint density at radius 2 is 2.14 bits per heavy atom. The molecular formula is C20H26ClN5O3. The Balaban J connectivity index is 1.73. The summed E-state index contributed by atoms with van der Waals surface area (Å²) in [7, 11) is 0. The fourth-order valence-corrected chi connectivity index (χ4v) is 3.50. The molecule has 0 N–H and O–H groups in total. The smallest absolute Gasteiger partial charge is 0.410 e. The van der Waals surface area contributed by atoms with E-state index < -0.39 is 11.7 Å². The molecule has 1 saturated heterocycles. The highest BCUT2D eigenvalue weighted by Crippen LogP contribution is 2.29. The van der Waals surface area contributed by atoms with E-state index in [0.717, 1.165) is 5.69 Å². The van der Waals surface area contributed by atoms with Crippen molar-refractivity contribution in [2.75, 3.05) is 24.5 Å². The van der Waals surface area contributed by atoms with Gasteiger partial charge in [-0.1, -0.05) is 11.6 Å². The number of nitrogens with zero attached hydrogens (tertiary/aromatic N) is 5. The van der Waals surface area contributed by atoms with Gasteiger partial charge in [-0.2, -0.15) is 5.10 Å². The molecule has 0 saturated carbocycles. The molecule has 2 amide bonds. The molecule has 2 aromatic heterocycles. The second kappa shape index (κ2) is 8.41. The second-order valence-corrected chi connectivity index (χ2v) is 8.31. The van der Waals surface area contributed by atoms with E-state index in [2.05, 4.69) is 10.1 Å². The molecule has 3 heterocycles. The maximum atomic E-state index is 13.2. The first-order chi connectivity index (χ1) is 13.7. The van der Waals surface area contributed by atoms with Gasteiger partial charge in [-0.05, 0) is 46.2 Å². The number of hydrogen-bond acceptors (Lipinski definition) is 5. The van der Waals surface area contributed by atoms with Gasteiger partial charge in [0, 0.05) is 25.8 Å². The Kier molecular flexibility index (Phi) is 6.12. The molecular weight excluding hydrogens is 394 g/mol. The third-order valence-electron chi connectivity index (χ3n) is 4.62. The number of carbonyl (C=O) groups is 2. The zero-order valence-corrected chi connectivity index (χ0v) is 17.9. The molecule has 1 aliphatic heterocycles. The number of pyridine rings is 1. The molecule has 0 bridgehead atoms. The monoisotopic (exact) mass is 419 g/mol. The molecule has 0 spiro atoms. The molecule has 3 rings (SSSR count). The minimum atomic E-state index is -0.566. The highest BCUT2D eigenvalue weighted by Gasteiger charge is 2.36. The van der Waals surface area contributed by atoms with Gasteiger partial charge >= 0.3 is 6.09 Å². The van der Waals surface area contributed by atoms with Gasteiger partial charge in [0.05, 0.1) is 24.0 Å². The van der Waals surface area contributed by atoms with Crippen molar-refractivity contribution in [3.05, 3.63) is 35.9 Å². The number of halogens is 1. The summed E-state index contributed by atoms with van der Waals surface area (Å²) >= 11 is 6.34. The standard InChI is InChI=1S/C20H26ClN5O3/c1-5-25(16-13-26(23-17(16)21)15-7-6-9-22-11-15)18(27)14-8-10-24(12-14)19(28)29-20(2,3)4/h6-7,9,11,13-14H,5,8,10,12H2,1-4H3. The van der Waals surface area contributed by atoms with Crippen LogP contribution in [0.2, 0.25) is 5.15 Å².